The fraction of sp³-hybridized carbons (Fsp3) is 0.273. The Morgan fingerprint density at radius 1 is 0.840 bits per heavy atom. The Morgan fingerprint density at radius 2 is 1.32 bits per heavy atom. The van der Waals surface area contributed by atoms with Crippen LogP contribution >= 0.6 is 0 Å². The average molecular weight is 335 g/mol. The fourth-order valence-electron chi connectivity index (χ4n) is 3.08. The lowest BCUT2D eigenvalue weighted by atomic mass is 9.91. The Labute approximate surface area is 149 Å². The topological polar surface area (TPSA) is 43.7 Å². The van der Waals surface area contributed by atoms with E-state index in [-0.39, 0.29) is 13.2 Å². The molecule has 1 atom stereocenters. The van der Waals surface area contributed by atoms with Crippen molar-refractivity contribution in [1.82, 2.24) is 0 Å². The Kier molecular flexibility index (Phi) is 5.37. The van der Waals surface area contributed by atoms with Gasteiger partial charge in [-0.05, 0) is 60.7 Å². The Morgan fingerprint density at radius 3 is 1.72 bits per heavy atom. The van der Waals surface area contributed by atoms with Crippen LogP contribution in [0.25, 0.3) is 0 Å². The summed E-state index contributed by atoms with van der Waals surface area (Å²) < 4.78 is 0. The van der Waals surface area contributed by atoms with Crippen LogP contribution in [0.4, 0.5) is 11.4 Å². The lowest BCUT2D eigenvalue weighted by molar-refractivity contribution is 0.281. The summed E-state index contributed by atoms with van der Waals surface area (Å²) in [6, 6.07) is 16.0. The third-order valence-electron chi connectivity index (χ3n) is 4.87. The van der Waals surface area contributed by atoms with Crippen molar-refractivity contribution in [3.8, 4) is 0 Å². The molecule has 2 N–H and O–H groups in total. The Hall–Kier alpha value is -2.36. The molecule has 0 saturated heterocycles. The van der Waals surface area contributed by atoms with Crippen LogP contribution in [-0.2, 0) is 13.2 Å². The van der Waals surface area contributed by atoms with Gasteiger partial charge < -0.3 is 15.1 Å². The lowest BCUT2D eigenvalue weighted by Crippen LogP contribution is -2.20. The molecule has 3 heteroatoms. The highest BCUT2D eigenvalue weighted by Crippen LogP contribution is 2.36. The standard InChI is InChI=1S/C22H25NO2/c1-16-3-8-22(13-17(16)2)23(20-9-4-18(14-24)5-10-20)21-11-6-19(15-25)7-12-21/h3-12,17,24-25H,13-15H2,1-2H3. The van der Waals surface area contributed by atoms with Crippen LogP contribution in [0.1, 0.15) is 31.4 Å². The van der Waals surface area contributed by atoms with Crippen molar-refractivity contribution < 1.29 is 10.2 Å². The molecule has 2 aromatic rings. The van der Waals surface area contributed by atoms with Crippen molar-refractivity contribution in [3.05, 3.63) is 83.1 Å². The highest BCUT2D eigenvalue weighted by atomic mass is 16.3. The van der Waals surface area contributed by atoms with Gasteiger partial charge >= 0.3 is 0 Å². The summed E-state index contributed by atoms with van der Waals surface area (Å²) in [4.78, 5) is 2.25. The number of aliphatic hydroxyl groups excluding tert-OH is 2. The first kappa shape index (κ1) is 17.5. The van der Waals surface area contributed by atoms with Gasteiger partial charge in [0.1, 0.15) is 0 Å². The summed E-state index contributed by atoms with van der Waals surface area (Å²) in [5.74, 6) is 0.510. The summed E-state index contributed by atoms with van der Waals surface area (Å²) in [7, 11) is 0. The lowest BCUT2D eigenvalue weighted by Gasteiger charge is -2.31. The monoisotopic (exact) mass is 335 g/mol. The minimum Gasteiger partial charge on any atom is -0.392 e. The van der Waals surface area contributed by atoms with E-state index in [0.717, 1.165) is 28.9 Å². The van der Waals surface area contributed by atoms with Gasteiger partial charge in [-0.15, -0.1) is 0 Å². The number of aliphatic hydroxyl groups is 2. The number of benzene rings is 2. The van der Waals surface area contributed by atoms with E-state index in [4.69, 9.17) is 0 Å². The highest BCUT2D eigenvalue weighted by molar-refractivity contribution is 5.69. The van der Waals surface area contributed by atoms with E-state index < -0.39 is 0 Å². The second-order valence-corrected chi connectivity index (χ2v) is 6.66. The molecule has 0 heterocycles. The molecular weight excluding hydrogens is 310 g/mol. The molecule has 0 spiro atoms. The van der Waals surface area contributed by atoms with Crippen LogP contribution in [0.5, 0.6) is 0 Å². The summed E-state index contributed by atoms with van der Waals surface area (Å²) in [5.41, 5.74) is 6.59. The van der Waals surface area contributed by atoms with Gasteiger partial charge in [-0.3, -0.25) is 0 Å². The van der Waals surface area contributed by atoms with Gasteiger partial charge in [0.15, 0.2) is 0 Å². The molecule has 0 amide bonds. The van der Waals surface area contributed by atoms with E-state index in [1.165, 1.54) is 11.3 Å². The smallest absolute Gasteiger partial charge is 0.0681 e. The number of allylic oxidation sites excluding steroid dienone is 4. The van der Waals surface area contributed by atoms with E-state index >= 15 is 0 Å². The summed E-state index contributed by atoms with van der Waals surface area (Å²) in [6.07, 6.45) is 5.36. The van der Waals surface area contributed by atoms with Gasteiger partial charge in [0, 0.05) is 17.1 Å². The van der Waals surface area contributed by atoms with Crippen molar-refractivity contribution in [2.75, 3.05) is 4.90 Å². The number of rotatable bonds is 5. The molecule has 25 heavy (non-hydrogen) atoms. The van der Waals surface area contributed by atoms with E-state index in [9.17, 15) is 10.2 Å². The molecule has 1 aliphatic rings. The van der Waals surface area contributed by atoms with Gasteiger partial charge in [-0.2, -0.15) is 0 Å². The van der Waals surface area contributed by atoms with E-state index in [1.54, 1.807) is 0 Å². The molecule has 0 fully saturated rings. The van der Waals surface area contributed by atoms with Crippen molar-refractivity contribution >= 4 is 11.4 Å². The zero-order valence-corrected chi connectivity index (χ0v) is 14.8. The number of anilines is 2. The van der Waals surface area contributed by atoms with Gasteiger partial charge in [0.2, 0.25) is 0 Å². The molecule has 1 unspecified atom stereocenters. The third kappa shape index (κ3) is 3.84. The van der Waals surface area contributed by atoms with Crippen molar-refractivity contribution in [2.45, 2.75) is 33.5 Å². The van der Waals surface area contributed by atoms with Gasteiger partial charge in [-0.1, -0.05) is 42.8 Å². The summed E-state index contributed by atoms with van der Waals surface area (Å²) in [5, 5.41) is 18.6. The van der Waals surface area contributed by atoms with Crippen LogP contribution in [0.15, 0.2) is 72.0 Å². The third-order valence-corrected chi connectivity index (χ3v) is 4.87. The number of nitrogens with zero attached hydrogens (tertiary/aromatic N) is 1. The van der Waals surface area contributed by atoms with Crippen molar-refractivity contribution in [2.24, 2.45) is 5.92 Å². The van der Waals surface area contributed by atoms with E-state index in [2.05, 4.69) is 30.9 Å². The largest absolute Gasteiger partial charge is 0.392 e. The normalized spacial score (nSPS) is 17.0. The van der Waals surface area contributed by atoms with Crippen LogP contribution in [-0.4, -0.2) is 10.2 Å². The van der Waals surface area contributed by atoms with Crippen molar-refractivity contribution in [1.29, 1.82) is 0 Å². The molecule has 0 radical (unpaired) electrons. The van der Waals surface area contributed by atoms with Gasteiger partial charge in [0.25, 0.3) is 0 Å². The summed E-state index contributed by atoms with van der Waals surface area (Å²) >= 11 is 0. The second-order valence-electron chi connectivity index (χ2n) is 6.66. The first-order valence-corrected chi connectivity index (χ1v) is 8.69. The van der Waals surface area contributed by atoms with Crippen molar-refractivity contribution in [3.63, 3.8) is 0 Å². The van der Waals surface area contributed by atoms with E-state index in [1.807, 2.05) is 48.5 Å². The first-order chi connectivity index (χ1) is 12.1. The molecule has 2 aromatic carbocycles. The molecule has 3 rings (SSSR count). The molecule has 3 nitrogen and oxygen atoms in total. The molecule has 1 aliphatic carbocycles. The minimum atomic E-state index is 0.0487. The minimum absolute atomic E-state index is 0.0487. The molecule has 0 aliphatic heterocycles. The number of hydrogen-bond acceptors (Lipinski definition) is 3. The van der Waals surface area contributed by atoms with Crippen LogP contribution in [0.3, 0.4) is 0 Å². The van der Waals surface area contributed by atoms with Gasteiger partial charge in [0.05, 0.1) is 13.2 Å². The van der Waals surface area contributed by atoms with Crippen LogP contribution in [0, 0.1) is 5.92 Å². The quantitative estimate of drug-likeness (QED) is 0.834. The predicted molar refractivity (Wildman–Crippen MR) is 102 cm³/mol. The van der Waals surface area contributed by atoms with Crippen LogP contribution in [0.2, 0.25) is 0 Å². The second kappa shape index (κ2) is 7.68. The van der Waals surface area contributed by atoms with E-state index in [0.29, 0.717) is 5.92 Å². The Balaban J connectivity index is 2.03. The number of hydrogen-bond donors (Lipinski definition) is 2. The maximum absolute atomic E-state index is 9.30. The predicted octanol–water partition coefficient (Wildman–Crippen LogP) is 4.68. The SMILES string of the molecule is CC1=CC=C(N(c2ccc(CO)cc2)c2ccc(CO)cc2)CC1C. The molecule has 0 bridgehead atoms. The van der Waals surface area contributed by atoms with Gasteiger partial charge in [-0.25, -0.2) is 0 Å². The first-order valence-electron chi connectivity index (χ1n) is 8.69. The molecule has 130 valence electrons. The zero-order valence-electron chi connectivity index (χ0n) is 14.8. The Bertz CT molecular complexity index is 725. The zero-order chi connectivity index (χ0) is 17.8. The molecular formula is C22H25NO2. The molecule has 0 aromatic heterocycles. The highest BCUT2D eigenvalue weighted by Gasteiger charge is 2.20. The van der Waals surface area contributed by atoms with Crippen LogP contribution < -0.4 is 4.90 Å². The fourth-order valence-corrected chi connectivity index (χ4v) is 3.08. The maximum Gasteiger partial charge on any atom is 0.0681 e. The molecule has 0 saturated carbocycles. The summed E-state index contributed by atoms with van der Waals surface area (Å²) in [6.45, 7) is 4.52. The maximum atomic E-state index is 9.30. The average Bonchev–Trinajstić information content (AvgIpc) is 2.66.